The maximum absolute atomic E-state index is 12.9. The summed E-state index contributed by atoms with van der Waals surface area (Å²) >= 11 is 0. The smallest absolute Gasteiger partial charge is 0.462 e. The average molecular weight is 1160 g/mol. The Kier molecular flexibility index (Phi) is 60.9. The third kappa shape index (κ3) is 67.0. The molecule has 0 heterocycles. The molecule has 2 atom stereocenters. The number of phosphoric acid groups is 1. The minimum Gasteiger partial charge on any atom is -0.462 e. The van der Waals surface area contributed by atoms with Crippen molar-refractivity contribution in [2.45, 2.75) is 347 Å². The fraction of sp³-hybridized carbons (Fsp3) is 0.859. The number of hydrogen-bond acceptors (Lipinski definition) is 7. The standard InChI is InChI=1S/C71H134NO8P/c1-6-8-10-12-14-16-18-20-22-24-26-27-28-29-30-31-32-33-34-35-36-37-38-39-40-41-42-43-44-45-46-48-50-52-54-56-58-60-62-64-71(74)80-69(68-79-81(75,76)78-66-65-72(3,4)5)67-77-70(73)63-61-59-57-55-53-51-49-47-25-23-21-19-17-15-13-11-9-7-2/h8,10,14,16,20,22,26-27,69H,6-7,9,11-13,15,17-19,21,23-25,28-68H2,1-5H3/p+1/b10-8-,16-14-,22-20-,27-26-. The molecule has 0 amide bonds. The van der Waals surface area contributed by atoms with E-state index in [-0.39, 0.29) is 25.6 Å². The van der Waals surface area contributed by atoms with Crippen LogP contribution in [0.3, 0.4) is 0 Å². The Balaban J connectivity index is 3.90. The van der Waals surface area contributed by atoms with Crippen molar-refractivity contribution in [1.82, 2.24) is 0 Å². The number of carbonyl (C=O) groups excluding carboxylic acids is 2. The second-order valence-corrected chi connectivity index (χ2v) is 26.4. The fourth-order valence-electron chi connectivity index (χ4n) is 10.3. The topological polar surface area (TPSA) is 108 Å². The lowest BCUT2D eigenvalue weighted by atomic mass is 10.0. The van der Waals surface area contributed by atoms with Crippen molar-refractivity contribution in [2.75, 3.05) is 47.5 Å². The molecule has 0 saturated heterocycles. The zero-order valence-electron chi connectivity index (χ0n) is 54.3. The molecule has 1 N–H and O–H groups in total. The van der Waals surface area contributed by atoms with Crippen LogP contribution in [0.25, 0.3) is 0 Å². The van der Waals surface area contributed by atoms with E-state index in [4.69, 9.17) is 18.5 Å². The number of hydrogen-bond donors (Lipinski definition) is 1. The number of carbonyl (C=O) groups is 2. The summed E-state index contributed by atoms with van der Waals surface area (Å²) in [5.74, 6) is -0.775. The summed E-state index contributed by atoms with van der Waals surface area (Å²) in [5, 5.41) is 0. The zero-order valence-corrected chi connectivity index (χ0v) is 55.2. The third-order valence-corrected chi connectivity index (χ3v) is 16.6. The van der Waals surface area contributed by atoms with Gasteiger partial charge in [-0.15, -0.1) is 0 Å². The number of likely N-dealkylation sites (N-methyl/N-ethyl adjacent to an activating group) is 1. The molecule has 0 aliphatic heterocycles. The number of ether oxygens (including phenoxy) is 2. The van der Waals surface area contributed by atoms with Crippen molar-refractivity contribution in [3.05, 3.63) is 48.6 Å². The first-order valence-electron chi connectivity index (χ1n) is 34.9. The maximum atomic E-state index is 12.9. The summed E-state index contributed by atoms with van der Waals surface area (Å²) in [6.07, 6.45) is 80.9. The van der Waals surface area contributed by atoms with Crippen LogP contribution in [0.15, 0.2) is 48.6 Å². The molecule has 0 aliphatic carbocycles. The number of allylic oxidation sites excluding steroid dienone is 8. The van der Waals surface area contributed by atoms with Gasteiger partial charge < -0.3 is 18.9 Å². The molecular weight excluding hydrogens is 1030 g/mol. The summed E-state index contributed by atoms with van der Waals surface area (Å²) in [7, 11) is 1.50. The Hall–Kier alpha value is -2.03. The van der Waals surface area contributed by atoms with Crippen molar-refractivity contribution in [2.24, 2.45) is 0 Å². The van der Waals surface area contributed by atoms with E-state index in [1.807, 2.05) is 21.1 Å². The van der Waals surface area contributed by atoms with E-state index in [0.717, 1.165) is 57.8 Å². The quantitative estimate of drug-likeness (QED) is 0.0211. The van der Waals surface area contributed by atoms with Gasteiger partial charge in [-0.3, -0.25) is 18.6 Å². The van der Waals surface area contributed by atoms with E-state index < -0.39 is 26.5 Å². The first kappa shape index (κ1) is 79.0. The van der Waals surface area contributed by atoms with Crippen LogP contribution in [0.4, 0.5) is 0 Å². The number of phosphoric ester groups is 1. The first-order valence-corrected chi connectivity index (χ1v) is 36.4. The van der Waals surface area contributed by atoms with Gasteiger partial charge in [0.25, 0.3) is 0 Å². The van der Waals surface area contributed by atoms with Crippen LogP contribution in [0.5, 0.6) is 0 Å². The maximum Gasteiger partial charge on any atom is 0.472 e. The summed E-state index contributed by atoms with van der Waals surface area (Å²) in [6.45, 7) is 4.38. The number of nitrogens with zero attached hydrogens (tertiary/aromatic N) is 1. The zero-order chi connectivity index (χ0) is 59.1. The van der Waals surface area contributed by atoms with E-state index in [0.29, 0.717) is 23.9 Å². The Bertz CT molecular complexity index is 1510. The highest BCUT2D eigenvalue weighted by molar-refractivity contribution is 7.47. The molecule has 10 heteroatoms. The lowest BCUT2D eigenvalue weighted by Gasteiger charge is -2.24. The van der Waals surface area contributed by atoms with Gasteiger partial charge in [0.05, 0.1) is 27.7 Å². The van der Waals surface area contributed by atoms with Gasteiger partial charge in [-0.1, -0.05) is 326 Å². The summed E-state index contributed by atoms with van der Waals surface area (Å²) < 4.78 is 34.7. The van der Waals surface area contributed by atoms with Crippen LogP contribution in [0.2, 0.25) is 0 Å². The number of unbranched alkanes of at least 4 members (excludes halogenated alkanes) is 43. The van der Waals surface area contributed by atoms with Crippen molar-refractivity contribution >= 4 is 19.8 Å². The van der Waals surface area contributed by atoms with Crippen LogP contribution in [0.1, 0.15) is 341 Å². The fourth-order valence-corrected chi connectivity index (χ4v) is 11.0. The van der Waals surface area contributed by atoms with Crippen LogP contribution < -0.4 is 0 Å². The highest BCUT2D eigenvalue weighted by Crippen LogP contribution is 2.43. The third-order valence-electron chi connectivity index (χ3n) is 15.6. The molecule has 0 saturated carbocycles. The van der Waals surface area contributed by atoms with Gasteiger partial charge in [0.2, 0.25) is 0 Å². The molecule has 0 aromatic carbocycles. The molecule has 81 heavy (non-hydrogen) atoms. The highest BCUT2D eigenvalue weighted by Gasteiger charge is 2.27. The van der Waals surface area contributed by atoms with Crippen LogP contribution in [-0.2, 0) is 32.7 Å². The van der Waals surface area contributed by atoms with Gasteiger partial charge in [-0.25, -0.2) is 4.57 Å². The summed E-state index contributed by atoms with van der Waals surface area (Å²) in [5.41, 5.74) is 0. The molecule has 2 unspecified atom stereocenters. The van der Waals surface area contributed by atoms with Gasteiger partial charge in [0, 0.05) is 12.8 Å². The SMILES string of the molecule is CC/C=C\C/C=C\C/C=C\C/C=C\CCCCCCCCCCCCCCCCCCCCCCCCCCCCC(=O)OC(COC(=O)CCCCCCCCCCCCCCCCCCCC)COP(=O)(O)OCC[N+](C)(C)C. The Morgan fingerprint density at radius 2 is 0.704 bits per heavy atom. The Morgan fingerprint density at radius 3 is 1.05 bits per heavy atom. The van der Waals surface area contributed by atoms with E-state index >= 15 is 0 Å². The molecule has 0 aromatic rings. The Labute approximate surface area is 503 Å². The largest absolute Gasteiger partial charge is 0.472 e. The summed E-state index contributed by atoms with van der Waals surface area (Å²) in [6, 6.07) is 0. The molecule has 0 fully saturated rings. The van der Waals surface area contributed by atoms with Gasteiger partial charge in [0.1, 0.15) is 19.8 Å². The van der Waals surface area contributed by atoms with E-state index in [1.54, 1.807) is 0 Å². The first-order chi connectivity index (χ1) is 39.5. The molecule has 0 aliphatic rings. The van der Waals surface area contributed by atoms with Gasteiger partial charge in [-0.2, -0.15) is 0 Å². The van der Waals surface area contributed by atoms with Crippen molar-refractivity contribution in [3.63, 3.8) is 0 Å². The number of rotatable bonds is 65. The lowest BCUT2D eigenvalue weighted by molar-refractivity contribution is -0.870. The van der Waals surface area contributed by atoms with Crippen molar-refractivity contribution in [3.8, 4) is 0 Å². The minimum absolute atomic E-state index is 0.0353. The predicted molar refractivity (Wildman–Crippen MR) is 349 cm³/mol. The second kappa shape index (κ2) is 62.5. The second-order valence-electron chi connectivity index (χ2n) is 24.9. The molecule has 0 rings (SSSR count). The summed E-state index contributed by atoms with van der Waals surface area (Å²) in [4.78, 5) is 35.8. The van der Waals surface area contributed by atoms with Gasteiger partial charge in [0.15, 0.2) is 6.10 Å². The Morgan fingerprint density at radius 1 is 0.395 bits per heavy atom. The molecule has 0 radical (unpaired) electrons. The van der Waals surface area contributed by atoms with E-state index in [2.05, 4.69) is 62.5 Å². The van der Waals surface area contributed by atoms with Gasteiger partial charge in [-0.05, 0) is 51.4 Å². The normalized spacial score (nSPS) is 13.4. The highest BCUT2D eigenvalue weighted by atomic mass is 31.2. The van der Waals surface area contributed by atoms with Crippen LogP contribution in [0, 0.1) is 0 Å². The number of quaternary nitrogens is 1. The van der Waals surface area contributed by atoms with E-state index in [1.165, 1.54) is 250 Å². The monoisotopic (exact) mass is 1160 g/mol. The molecule has 0 bridgehead atoms. The van der Waals surface area contributed by atoms with Crippen LogP contribution >= 0.6 is 7.82 Å². The molecule has 9 nitrogen and oxygen atoms in total. The average Bonchev–Trinajstić information content (AvgIpc) is 3.43. The lowest BCUT2D eigenvalue weighted by Crippen LogP contribution is -2.37. The van der Waals surface area contributed by atoms with Gasteiger partial charge >= 0.3 is 19.8 Å². The minimum atomic E-state index is -4.38. The molecule has 476 valence electrons. The van der Waals surface area contributed by atoms with Crippen molar-refractivity contribution < 1.29 is 42.1 Å². The van der Waals surface area contributed by atoms with E-state index in [9.17, 15) is 19.0 Å². The molecular formula is C71H135NO8P+. The molecule has 0 spiro atoms. The van der Waals surface area contributed by atoms with Crippen LogP contribution in [-0.4, -0.2) is 74.9 Å². The van der Waals surface area contributed by atoms with Crippen molar-refractivity contribution in [1.29, 1.82) is 0 Å². The number of esters is 2. The predicted octanol–water partition coefficient (Wildman–Crippen LogP) is 22.4. The molecule has 0 aromatic heterocycles.